The van der Waals surface area contributed by atoms with Crippen molar-refractivity contribution in [2.75, 3.05) is 39.5 Å². The molecule has 3 aromatic rings. The number of nitro benzene ring substituents is 1. The van der Waals surface area contributed by atoms with E-state index in [0.29, 0.717) is 29.6 Å². The molecule has 0 spiro atoms. The topological polar surface area (TPSA) is 104 Å². The Morgan fingerprint density at radius 1 is 1.00 bits per heavy atom. The van der Waals surface area contributed by atoms with Crippen LogP contribution >= 0.6 is 0 Å². The van der Waals surface area contributed by atoms with Crippen LogP contribution < -0.4 is 4.74 Å². The van der Waals surface area contributed by atoms with Crippen LogP contribution in [-0.2, 0) is 4.74 Å². The van der Waals surface area contributed by atoms with E-state index < -0.39 is 4.92 Å². The van der Waals surface area contributed by atoms with E-state index in [1.807, 2.05) is 30.3 Å². The van der Waals surface area contributed by atoms with E-state index in [2.05, 4.69) is 20.1 Å². The number of ether oxygens (including phenoxy) is 2. The van der Waals surface area contributed by atoms with E-state index in [1.54, 1.807) is 12.1 Å². The van der Waals surface area contributed by atoms with Crippen molar-refractivity contribution >= 4 is 5.69 Å². The minimum atomic E-state index is -0.443. The number of nitro groups is 1. The van der Waals surface area contributed by atoms with Crippen molar-refractivity contribution in [3.05, 3.63) is 64.7 Å². The van der Waals surface area contributed by atoms with Gasteiger partial charge in [0.15, 0.2) is 11.5 Å². The van der Waals surface area contributed by atoms with E-state index in [-0.39, 0.29) is 5.69 Å². The molecule has 4 rings (SSSR count). The van der Waals surface area contributed by atoms with Crippen LogP contribution in [0.15, 0.2) is 54.6 Å². The molecule has 30 heavy (non-hydrogen) atoms. The molecular formula is C21H21N5O4. The third kappa shape index (κ3) is 4.76. The Balaban J connectivity index is 1.58. The highest BCUT2D eigenvalue weighted by Crippen LogP contribution is 2.28. The van der Waals surface area contributed by atoms with Crippen molar-refractivity contribution in [2.45, 2.75) is 0 Å². The van der Waals surface area contributed by atoms with Crippen molar-refractivity contribution in [3.63, 3.8) is 0 Å². The summed E-state index contributed by atoms with van der Waals surface area (Å²) in [5, 5.41) is 19.4. The van der Waals surface area contributed by atoms with Crippen LogP contribution in [0.5, 0.6) is 5.88 Å². The van der Waals surface area contributed by atoms with Gasteiger partial charge in [0.25, 0.3) is 5.69 Å². The van der Waals surface area contributed by atoms with Gasteiger partial charge in [-0.3, -0.25) is 15.0 Å². The Bertz CT molecular complexity index is 992. The second-order valence-corrected chi connectivity index (χ2v) is 6.76. The zero-order chi connectivity index (χ0) is 20.8. The molecule has 2 heterocycles. The lowest BCUT2D eigenvalue weighted by atomic mass is 10.1. The van der Waals surface area contributed by atoms with Gasteiger partial charge >= 0.3 is 0 Å². The molecule has 9 heteroatoms. The quantitative estimate of drug-likeness (QED) is 0.435. The molecule has 9 nitrogen and oxygen atoms in total. The second kappa shape index (κ2) is 9.38. The number of morpholine rings is 1. The third-order valence-electron chi connectivity index (χ3n) is 4.79. The number of nitrogens with zero attached hydrogens (tertiary/aromatic N) is 5. The van der Waals surface area contributed by atoms with Gasteiger partial charge in [-0.1, -0.05) is 30.3 Å². The van der Waals surface area contributed by atoms with Gasteiger partial charge < -0.3 is 9.47 Å². The van der Waals surface area contributed by atoms with Crippen LogP contribution in [0.2, 0.25) is 0 Å². The molecule has 0 radical (unpaired) electrons. The first-order valence-corrected chi connectivity index (χ1v) is 9.68. The molecule has 0 N–H and O–H groups in total. The SMILES string of the molecule is O=[N+]([O-])c1ccc(-c2nnc(-c3ccccc3)c(OCCN3CCOCC3)n2)cc1. The van der Waals surface area contributed by atoms with Gasteiger partial charge in [-0.2, -0.15) is 4.98 Å². The molecule has 0 aliphatic carbocycles. The molecule has 154 valence electrons. The molecule has 1 aliphatic rings. The molecule has 0 atom stereocenters. The van der Waals surface area contributed by atoms with E-state index in [9.17, 15) is 10.1 Å². The summed E-state index contributed by atoms with van der Waals surface area (Å²) in [6.07, 6.45) is 0. The predicted octanol–water partition coefficient (Wildman–Crippen LogP) is 2.82. The Labute approximate surface area is 173 Å². The number of hydrogen-bond donors (Lipinski definition) is 0. The van der Waals surface area contributed by atoms with Gasteiger partial charge in [0, 0.05) is 42.9 Å². The van der Waals surface area contributed by atoms with Crippen molar-refractivity contribution in [2.24, 2.45) is 0 Å². The highest BCUT2D eigenvalue weighted by molar-refractivity contribution is 5.66. The Morgan fingerprint density at radius 2 is 1.73 bits per heavy atom. The zero-order valence-corrected chi connectivity index (χ0v) is 16.3. The largest absolute Gasteiger partial charge is 0.475 e. The highest BCUT2D eigenvalue weighted by atomic mass is 16.6. The number of rotatable bonds is 7. The molecule has 0 amide bonds. The highest BCUT2D eigenvalue weighted by Gasteiger charge is 2.16. The van der Waals surface area contributed by atoms with Crippen LogP contribution in [0.3, 0.4) is 0 Å². The van der Waals surface area contributed by atoms with Gasteiger partial charge in [0.2, 0.25) is 5.88 Å². The number of hydrogen-bond acceptors (Lipinski definition) is 8. The number of aromatic nitrogens is 3. The first-order valence-electron chi connectivity index (χ1n) is 9.68. The van der Waals surface area contributed by atoms with Crippen molar-refractivity contribution in [3.8, 4) is 28.5 Å². The lowest BCUT2D eigenvalue weighted by Crippen LogP contribution is -2.38. The van der Waals surface area contributed by atoms with E-state index in [4.69, 9.17) is 9.47 Å². The van der Waals surface area contributed by atoms with Gasteiger partial charge in [-0.05, 0) is 12.1 Å². The molecular weight excluding hydrogens is 386 g/mol. The summed E-state index contributed by atoms with van der Waals surface area (Å²) >= 11 is 0. The summed E-state index contributed by atoms with van der Waals surface area (Å²) < 4.78 is 11.4. The van der Waals surface area contributed by atoms with Crippen LogP contribution in [0, 0.1) is 10.1 Å². The first kappa shape index (κ1) is 19.9. The second-order valence-electron chi connectivity index (χ2n) is 6.76. The maximum absolute atomic E-state index is 10.9. The molecule has 0 bridgehead atoms. The average Bonchev–Trinajstić information content (AvgIpc) is 2.80. The molecule has 1 saturated heterocycles. The average molecular weight is 407 g/mol. The Morgan fingerprint density at radius 3 is 2.43 bits per heavy atom. The Hall–Kier alpha value is -3.43. The van der Waals surface area contributed by atoms with E-state index >= 15 is 0 Å². The molecule has 0 unspecified atom stereocenters. The summed E-state index contributed by atoms with van der Waals surface area (Å²) in [5.74, 6) is 0.740. The molecule has 1 aliphatic heterocycles. The van der Waals surface area contributed by atoms with E-state index in [1.165, 1.54) is 12.1 Å². The summed E-state index contributed by atoms with van der Waals surface area (Å²) in [6.45, 7) is 4.44. The molecule has 0 saturated carbocycles. The van der Waals surface area contributed by atoms with Crippen molar-refractivity contribution in [1.82, 2.24) is 20.1 Å². The summed E-state index contributed by atoms with van der Waals surface area (Å²) in [5.41, 5.74) is 2.05. The maximum atomic E-state index is 10.9. The normalized spacial score (nSPS) is 14.4. The Kier molecular flexibility index (Phi) is 6.21. The fourth-order valence-electron chi connectivity index (χ4n) is 3.14. The summed E-state index contributed by atoms with van der Waals surface area (Å²) in [7, 11) is 0. The number of non-ortho nitro benzene ring substituents is 1. The van der Waals surface area contributed by atoms with Gasteiger partial charge in [-0.25, -0.2) is 0 Å². The van der Waals surface area contributed by atoms with Gasteiger partial charge in [0.1, 0.15) is 6.61 Å². The van der Waals surface area contributed by atoms with E-state index in [0.717, 1.165) is 38.4 Å². The standard InChI is InChI=1S/C21H21N5O4/c27-26(28)18-8-6-17(7-9-18)20-22-21(30-15-12-25-10-13-29-14-11-25)19(23-24-20)16-4-2-1-3-5-16/h1-9H,10-15H2. The van der Waals surface area contributed by atoms with Crippen LogP contribution in [0.1, 0.15) is 0 Å². The van der Waals surface area contributed by atoms with Gasteiger partial charge in [0.05, 0.1) is 18.1 Å². The van der Waals surface area contributed by atoms with Gasteiger partial charge in [-0.15, -0.1) is 10.2 Å². The zero-order valence-electron chi connectivity index (χ0n) is 16.3. The van der Waals surface area contributed by atoms with Crippen molar-refractivity contribution in [1.29, 1.82) is 0 Å². The fourth-order valence-corrected chi connectivity index (χ4v) is 3.14. The lowest BCUT2D eigenvalue weighted by molar-refractivity contribution is -0.384. The van der Waals surface area contributed by atoms with Crippen molar-refractivity contribution < 1.29 is 14.4 Å². The summed E-state index contributed by atoms with van der Waals surface area (Å²) in [6, 6.07) is 15.7. The first-order chi connectivity index (χ1) is 14.7. The number of benzene rings is 2. The maximum Gasteiger partial charge on any atom is 0.269 e. The fraction of sp³-hybridized carbons (Fsp3) is 0.286. The minimum Gasteiger partial charge on any atom is -0.475 e. The lowest BCUT2D eigenvalue weighted by Gasteiger charge is -2.26. The third-order valence-corrected chi connectivity index (χ3v) is 4.79. The monoisotopic (exact) mass is 407 g/mol. The smallest absolute Gasteiger partial charge is 0.269 e. The summed E-state index contributed by atoms with van der Waals surface area (Å²) in [4.78, 5) is 17.3. The molecule has 1 aromatic heterocycles. The molecule has 2 aromatic carbocycles. The minimum absolute atomic E-state index is 0.00889. The van der Waals surface area contributed by atoms with Crippen LogP contribution in [0.25, 0.3) is 22.6 Å². The van der Waals surface area contributed by atoms with Crippen LogP contribution in [0.4, 0.5) is 5.69 Å². The molecule has 1 fully saturated rings. The predicted molar refractivity (Wildman–Crippen MR) is 110 cm³/mol. The van der Waals surface area contributed by atoms with Crippen LogP contribution in [-0.4, -0.2) is 64.5 Å².